The molecule has 212 valence electrons. The molecule has 0 aromatic carbocycles. The standard InChI is InChI=1S/C30H42FN5O2S/c1-19-32-26-18-34(20(2)37)14-13-27(26)36(19)24-16-22-8-9-23(17-24)35(22)15-12-25(28-10-11-29(31)39-28)33-30(38)21-6-4-3-5-7-21/h10-11,21-25H,3-9,12-18H2,1-2H3,(H,33,38)/t22?,23?,24?,25-/m0/s1. The van der Waals surface area contributed by atoms with Gasteiger partial charge in [-0.15, -0.1) is 11.3 Å². The van der Waals surface area contributed by atoms with Crippen LogP contribution in [0.1, 0.15) is 105 Å². The van der Waals surface area contributed by atoms with E-state index < -0.39 is 0 Å². The number of aryl methyl sites for hydroxylation is 1. The Morgan fingerprint density at radius 1 is 1.10 bits per heavy atom. The molecule has 6 rings (SSSR count). The first-order valence-corrected chi connectivity index (χ1v) is 15.8. The van der Waals surface area contributed by atoms with Crippen LogP contribution < -0.4 is 5.32 Å². The van der Waals surface area contributed by atoms with E-state index in [9.17, 15) is 14.0 Å². The van der Waals surface area contributed by atoms with E-state index in [4.69, 9.17) is 4.98 Å². The van der Waals surface area contributed by atoms with Crippen molar-refractivity contribution in [2.24, 2.45) is 5.92 Å². The first kappa shape index (κ1) is 26.9. The molecule has 7 nitrogen and oxygen atoms in total. The zero-order valence-electron chi connectivity index (χ0n) is 23.3. The van der Waals surface area contributed by atoms with Crippen LogP contribution in [0.15, 0.2) is 12.1 Å². The molecule has 0 radical (unpaired) electrons. The second kappa shape index (κ2) is 11.3. The van der Waals surface area contributed by atoms with Crippen molar-refractivity contribution < 1.29 is 14.0 Å². The molecule has 0 spiro atoms. The van der Waals surface area contributed by atoms with Gasteiger partial charge in [-0.1, -0.05) is 19.3 Å². The molecule has 3 fully saturated rings. The third-order valence-electron chi connectivity index (χ3n) is 9.80. The normalized spacial score (nSPS) is 26.4. The van der Waals surface area contributed by atoms with Crippen LogP contribution in [0.5, 0.6) is 0 Å². The van der Waals surface area contributed by atoms with Crippen molar-refractivity contribution in [3.8, 4) is 0 Å². The molecule has 4 aliphatic rings. The topological polar surface area (TPSA) is 70.5 Å². The fourth-order valence-electron chi connectivity index (χ4n) is 7.85. The Morgan fingerprint density at radius 3 is 2.51 bits per heavy atom. The molecule has 9 heteroatoms. The number of imidazole rings is 1. The van der Waals surface area contributed by atoms with Crippen LogP contribution >= 0.6 is 11.3 Å². The first-order valence-electron chi connectivity index (χ1n) is 15.0. The summed E-state index contributed by atoms with van der Waals surface area (Å²) in [6.45, 7) is 6.08. The maximum atomic E-state index is 14.0. The summed E-state index contributed by atoms with van der Waals surface area (Å²) in [4.78, 5) is 35.4. The molecule has 1 saturated carbocycles. The number of nitrogens with zero attached hydrogens (tertiary/aromatic N) is 4. The molecule has 2 saturated heterocycles. The van der Waals surface area contributed by atoms with Crippen LogP contribution in [0.4, 0.5) is 4.39 Å². The van der Waals surface area contributed by atoms with Crippen LogP contribution in [0.2, 0.25) is 0 Å². The number of carbonyl (C=O) groups is 2. The minimum atomic E-state index is -0.187. The number of fused-ring (bicyclic) bond motifs is 3. The van der Waals surface area contributed by atoms with Crippen LogP contribution in [-0.4, -0.2) is 56.3 Å². The minimum Gasteiger partial charge on any atom is -0.348 e. The van der Waals surface area contributed by atoms with Gasteiger partial charge in [-0.3, -0.25) is 14.5 Å². The van der Waals surface area contributed by atoms with E-state index in [2.05, 4.69) is 21.7 Å². The van der Waals surface area contributed by atoms with Crippen LogP contribution in [0, 0.1) is 18.0 Å². The molecular weight excluding hydrogens is 513 g/mol. The van der Waals surface area contributed by atoms with Crippen molar-refractivity contribution in [1.82, 2.24) is 24.7 Å². The van der Waals surface area contributed by atoms with Gasteiger partial charge >= 0.3 is 0 Å². The van der Waals surface area contributed by atoms with Gasteiger partial charge in [0.1, 0.15) is 5.82 Å². The summed E-state index contributed by atoms with van der Waals surface area (Å²) < 4.78 is 16.5. The van der Waals surface area contributed by atoms with Gasteiger partial charge in [0.15, 0.2) is 5.13 Å². The largest absolute Gasteiger partial charge is 0.348 e. The second-order valence-corrected chi connectivity index (χ2v) is 13.3. The molecule has 1 N–H and O–H groups in total. The van der Waals surface area contributed by atoms with Gasteiger partial charge in [0.2, 0.25) is 11.8 Å². The number of thiophene rings is 1. The van der Waals surface area contributed by atoms with Crippen LogP contribution in [0.25, 0.3) is 0 Å². The quantitative estimate of drug-likeness (QED) is 0.504. The van der Waals surface area contributed by atoms with E-state index in [0.29, 0.717) is 24.7 Å². The van der Waals surface area contributed by atoms with E-state index in [-0.39, 0.29) is 28.9 Å². The van der Waals surface area contributed by atoms with E-state index >= 15 is 0 Å². The number of nitrogens with one attached hydrogen (secondary N) is 1. The third-order valence-corrected chi connectivity index (χ3v) is 10.8. The Labute approximate surface area is 235 Å². The highest BCUT2D eigenvalue weighted by Gasteiger charge is 2.42. The number of rotatable bonds is 7. The van der Waals surface area contributed by atoms with Gasteiger partial charge in [0.25, 0.3) is 0 Å². The molecule has 3 atom stereocenters. The Morgan fingerprint density at radius 2 is 1.85 bits per heavy atom. The zero-order chi connectivity index (χ0) is 27.1. The fourth-order valence-corrected chi connectivity index (χ4v) is 8.66. The van der Waals surface area contributed by atoms with E-state index in [0.717, 1.165) is 80.9 Å². The summed E-state index contributed by atoms with van der Waals surface area (Å²) in [5.74, 6) is 1.45. The molecule has 5 heterocycles. The lowest BCUT2D eigenvalue weighted by atomic mass is 9.88. The maximum absolute atomic E-state index is 14.0. The smallest absolute Gasteiger partial charge is 0.223 e. The molecule has 2 aromatic rings. The molecule has 2 aromatic heterocycles. The van der Waals surface area contributed by atoms with E-state index in [1.807, 2.05) is 11.0 Å². The molecule has 3 aliphatic heterocycles. The lowest BCUT2D eigenvalue weighted by Crippen LogP contribution is -2.45. The summed E-state index contributed by atoms with van der Waals surface area (Å²) in [7, 11) is 0. The highest BCUT2D eigenvalue weighted by Crippen LogP contribution is 2.43. The maximum Gasteiger partial charge on any atom is 0.223 e. The van der Waals surface area contributed by atoms with Gasteiger partial charge in [-0.05, 0) is 64.0 Å². The number of halogens is 1. The SMILES string of the molecule is CC(=O)N1CCc2c(nc(C)n2C2CC3CCC(C2)N3CC[C@H](NC(=O)C2CCCCC2)c2ccc(F)s2)C1. The summed E-state index contributed by atoms with van der Waals surface area (Å²) in [5, 5.41) is 3.14. The Bertz CT molecular complexity index is 1190. The van der Waals surface area contributed by atoms with Gasteiger partial charge in [-0.2, -0.15) is 4.39 Å². The third kappa shape index (κ3) is 5.53. The van der Waals surface area contributed by atoms with Crippen molar-refractivity contribution in [2.45, 2.75) is 115 Å². The first-order chi connectivity index (χ1) is 18.9. The van der Waals surface area contributed by atoms with Crippen molar-refractivity contribution in [3.05, 3.63) is 39.4 Å². The molecule has 39 heavy (non-hydrogen) atoms. The number of carbonyl (C=O) groups excluding carboxylic acids is 2. The predicted octanol–water partition coefficient (Wildman–Crippen LogP) is 5.29. The zero-order valence-corrected chi connectivity index (χ0v) is 24.1. The summed E-state index contributed by atoms with van der Waals surface area (Å²) in [6, 6.07) is 4.76. The highest BCUT2D eigenvalue weighted by molar-refractivity contribution is 7.10. The fraction of sp³-hybridized carbons (Fsp3) is 0.700. The van der Waals surface area contributed by atoms with Gasteiger partial charge < -0.3 is 14.8 Å². The monoisotopic (exact) mass is 555 g/mol. The van der Waals surface area contributed by atoms with Gasteiger partial charge in [0.05, 0.1) is 18.3 Å². The minimum absolute atomic E-state index is 0.102. The van der Waals surface area contributed by atoms with Crippen molar-refractivity contribution in [2.75, 3.05) is 13.1 Å². The van der Waals surface area contributed by atoms with Crippen molar-refractivity contribution >= 4 is 23.2 Å². The molecule has 2 unspecified atom stereocenters. The number of piperidine rings is 1. The number of aromatic nitrogens is 2. The van der Waals surface area contributed by atoms with E-state index in [1.54, 1.807) is 6.92 Å². The van der Waals surface area contributed by atoms with Gasteiger partial charge in [-0.25, -0.2) is 4.98 Å². The summed E-state index contributed by atoms with van der Waals surface area (Å²) in [6.07, 6.45) is 11.8. The lowest BCUT2D eigenvalue weighted by molar-refractivity contribution is -0.130. The molecular formula is C30H42FN5O2S. The van der Waals surface area contributed by atoms with Gasteiger partial charge in [0, 0.05) is 61.0 Å². The van der Waals surface area contributed by atoms with Crippen molar-refractivity contribution in [3.63, 3.8) is 0 Å². The summed E-state index contributed by atoms with van der Waals surface area (Å²) in [5.41, 5.74) is 2.40. The number of hydrogen-bond donors (Lipinski definition) is 1. The van der Waals surface area contributed by atoms with Crippen LogP contribution in [-0.2, 0) is 22.6 Å². The lowest BCUT2D eigenvalue weighted by Gasteiger charge is -2.41. The van der Waals surface area contributed by atoms with E-state index in [1.165, 1.54) is 42.4 Å². The molecule has 2 bridgehead atoms. The predicted molar refractivity (Wildman–Crippen MR) is 150 cm³/mol. The molecule has 2 amide bonds. The molecule has 1 aliphatic carbocycles. The van der Waals surface area contributed by atoms with Crippen LogP contribution in [0.3, 0.4) is 0 Å². The second-order valence-electron chi connectivity index (χ2n) is 12.2. The summed E-state index contributed by atoms with van der Waals surface area (Å²) >= 11 is 1.17. The average molecular weight is 556 g/mol. The number of amides is 2. The Kier molecular flexibility index (Phi) is 7.82. The Balaban J connectivity index is 1.12. The Hall–Kier alpha value is -2.26. The number of hydrogen-bond acceptors (Lipinski definition) is 5. The highest BCUT2D eigenvalue weighted by atomic mass is 32.1. The van der Waals surface area contributed by atoms with Crippen molar-refractivity contribution in [1.29, 1.82) is 0 Å². The average Bonchev–Trinajstić information content (AvgIpc) is 3.58.